The number of carbonyl (C=O) groups excluding carboxylic acids is 1. The number of urea groups is 1. The van der Waals surface area contributed by atoms with Gasteiger partial charge in [-0.1, -0.05) is 18.9 Å². The Morgan fingerprint density at radius 3 is 2.59 bits per heavy atom. The van der Waals surface area contributed by atoms with Crippen molar-refractivity contribution < 1.29 is 4.79 Å². The Morgan fingerprint density at radius 1 is 1.14 bits per heavy atom. The largest absolute Gasteiger partial charge is 0.325 e. The van der Waals surface area contributed by atoms with Gasteiger partial charge in [0.05, 0.1) is 5.69 Å². The fourth-order valence-corrected chi connectivity index (χ4v) is 2.83. The molecule has 1 saturated heterocycles. The van der Waals surface area contributed by atoms with Gasteiger partial charge in [-0.3, -0.25) is 0 Å². The Bertz CT molecular complexity index is 642. The van der Waals surface area contributed by atoms with E-state index < -0.39 is 0 Å². The van der Waals surface area contributed by atoms with Gasteiger partial charge in [0.15, 0.2) is 0 Å². The second-order valence-corrected chi connectivity index (χ2v) is 5.77. The van der Waals surface area contributed by atoms with Crippen LogP contribution in [0.5, 0.6) is 0 Å². The predicted molar refractivity (Wildman–Crippen MR) is 87.4 cm³/mol. The zero-order valence-electron chi connectivity index (χ0n) is 13.0. The average molecular weight is 298 g/mol. The maximum atomic E-state index is 12.4. The minimum Gasteiger partial charge on any atom is -0.325 e. The van der Waals surface area contributed by atoms with E-state index in [1.807, 2.05) is 46.8 Å². The Labute approximate surface area is 130 Å². The molecule has 1 aliphatic heterocycles. The van der Waals surface area contributed by atoms with Crippen LogP contribution < -0.4 is 5.32 Å². The van der Waals surface area contributed by atoms with Gasteiger partial charge in [-0.25, -0.2) is 9.48 Å². The molecule has 1 fully saturated rings. The van der Waals surface area contributed by atoms with Crippen molar-refractivity contribution in [3.8, 4) is 5.69 Å². The molecule has 2 amide bonds. The summed E-state index contributed by atoms with van der Waals surface area (Å²) in [7, 11) is 0. The third-order valence-electron chi connectivity index (χ3n) is 4.07. The predicted octanol–water partition coefficient (Wildman–Crippen LogP) is 3.59. The molecular formula is C17H22N4O. The smallest absolute Gasteiger partial charge is 0.321 e. The van der Waals surface area contributed by atoms with Crippen molar-refractivity contribution in [2.75, 3.05) is 18.4 Å². The highest BCUT2D eigenvalue weighted by Gasteiger charge is 2.15. The Balaban J connectivity index is 1.72. The molecule has 5 nitrogen and oxygen atoms in total. The van der Waals surface area contributed by atoms with Crippen molar-refractivity contribution in [2.24, 2.45) is 0 Å². The van der Waals surface area contributed by atoms with Gasteiger partial charge < -0.3 is 10.2 Å². The standard InChI is InChI=1S/C17H22N4O/c1-14-9-10-18-21(14)16-8-6-7-15(13-16)19-17(22)20-11-4-2-3-5-12-20/h6-10,13H,2-5,11-12H2,1H3,(H,19,22). The number of aryl methyl sites for hydroxylation is 1. The maximum absolute atomic E-state index is 12.4. The fourth-order valence-electron chi connectivity index (χ4n) is 2.83. The van der Waals surface area contributed by atoms with E-state index in [1.54, 1.807) is 6.20 Å². The van der Waals surface area contributed by atoms with Crippen LogP contribution in [0.1, 0.15) is 31.4 Å². The number of amides is 2. The van der Waals surface area contributed by atoms with E-state index in [1.165, 1.54) is 12.8 Å². The number of hydrogen-bond acceptors (Lipinski definition) is 2. The number of rotatable bonds is 2. The topological polar surface area (TPSA) is 50.2 Å². The minimum atomic E-state index is -0.00348. The van der Waals surface area contributed by atoms with Crippen LogP contribution in [0.15, 0.2) is 36.5 Å². The van der Waals surface area contributed by atoms with Gasteiger partial charge in [0.1, 0.15) is 0 Å². The summed E-state index contributed by atoms with van der Waals surface area (Å²) in [6.45, 7) is 3.71. The van der Waals surface area contributed by atoms with Gasteiger partial charge in [-0.05, 0) is 44.0 Å². The van der Waals surface area contributed by atoms with E-state index in [9.17, 15) is 4.79 Å². The van der Waals surface area contributed by atoms with Gasteiger partial charge in [-0.2, -0.15) is 5.10 Å². The number of aromatic nitrogens is 2. The Hall–Kier alpha value is -2.30. The first-order valence-electron chi connectivity index (χ1n) is 7.91. The lowest BCUT2D eigenvalue weighted by atomic mass is 10.2. The summed E-state index contributed by atoms with van der Waals surface area (Å²) in [6, 6.07) is 9.75. The molecule has 0 bridgehead atoms. The number of hydrogen-bond donors (Lipinski definition) is 1. The van der Waals surface area contributed by atoms with Crippen LogP contribution in [0, 0.1) is 6.92 Å². The number of nitrogens with zero attached hydrogens (tertiary/aromatic N) is 3. The monoisotopic (exact) mass is 298 g/mol. The van der Waals surface area contributed by atoms with Crippen molar-refractivity contribution in [1.29, 1.82) is 0 Å². The summed E-state index contributed by atoms with van der Waals surface area (Å²) in [5.74, 6) is 0. The lowest BCUT2D eigenvalue weighted by Gasteiger charge is -2.21. The molecule has 3 rings (SSSR count). The molecule has 0 saturated carbocycles. The zero-order chi connectivity index (χ0) is 15.4. The van der Waals surface area contributed by atoms with Gasteiger partial charge >= 0.3 is 6.03 Å². The molecule has 0 unspecified atom stereocenters. The molecule has 0 spiro atoms. The summed E-state index contributed by atoms with van der Waals surface area (Å²) in [4.78, 5) is 14.3. The summed E-state index contributed by atoms with van der Waals surface area (Å²) in [5.41, 5.74) is 2.83. The second-order valence-electron chi connectivity index (χ2n) is 5.77. The number of anilines is 1. The maximum Gasteiger partial charge on any atom is 0.321 e. The molecule has 0 aliphatic carbocycles. The first-order valence-corrected chi connectivity index (χ1v) is 7.91. The van der Waals surface area contributed by atoms with Crippen molar-refractivity contribution in [2.45, 2.75) is 32.6 Å². The second kappa shape index (κ2) is 6.64. The van der Waals surface area contributed by atoms with Gasteiger partial charge in [-0.15, -0.1) is 0 Å². The lowest BCUT2D eigenvalue weighted by molar-refractivity contribution is 0.214. The van der Waals surface area contributed by atoms with Crippen LogP contribution in [-0.2, 0) is 0 Å². The van der Waals surface area contributed by atoms with E-state index in [-0.39, 0.29) is 6.03 Å². The van der Waals surface area contributed by atoms with Crippen LogP contribution in [0.2, 0.25) is 0 Å². The average Bonchev–Trinajstić information content (AvgIpc) is 2.78. The van der Waals surface area contributed by atoms with Crippen molar-refractivity contribution >= 4 is 11.7 Å². The van der Waals surface area contributed by atoms with E-state index in [2.05, 4.69) is 10.4 Å². The highest BCUT2D eigenvalue weighted by Crippen LogP contribution is 2.17. The number of benzene rings is 1. The minimum absolute atomic E-state index is 0.00348. The third-order valence-corrected chi connectivity index (χ3v) is 4.07. The fraction of sp³-hybridized carbons (Fsp3) is 0.412. The molecule has 5 heteroatoms. The van der Waals surface area contributed by atoms with Crippen LogP contribution in [0.3, 0.4) is 0 Å². The SMILES string of the molecule is Cc1ccnn1-c1cccc(NC(=O)N2CCCCCC2)c1. The third kappa shape index (κ3) is 3.30. The highest BCUT2D eigenvalue weighted by molar-refractivity contribution is 5.89. The molecule has 1 aromatic heterocycles. The Kier molecular flexibility index (Phi) is 4.42. The molecule has 1 aromatic carbocycles. The quantitative estimate of drug-likeness (QED) is 0.921. The van der Waals surface area contributed by atoms with Crippen LogP contribution in [-0.4, -0.2) is 33.8 Å². The number of nitrogens with one attached hydrogen (secondary N) is 1. The van der Waals surface area contributed by atoms with Gasteiger partial charge in [0.25, 0.3) is 0 Å². The molecule has 116 valence electrons. The molecule has 0 radical (unpaired) electrons. The first kappa shape index (κ1) is 14.6. The van der Waals surface area contributed by atoms with E-state index in [0.29, 0.717) is 0 Å². The van der Waals surface area contributed by atoms with Crippen LogP contribution >= 0.6 is 0 Å². The molecule has 0 atom stereocenters. The van der Waals surface area contributed by atoms with E-state index in [0.717, 1.165) is 43.0 Å². The first-order chi connectivity index (χ1) is 10.7. The zero-order valence-corrected chi connectivity index (χ0v) is 13.0. The summed E-state index contributed by atoms with van der Waals surface area (Å²) >= 11 is 0. The molecule has 1 aliphatic rings. The van der Waals surface area contributed by atoms with Gasteiger partial charge in [0.2, 0.25) is 0 Å². The number of likely N-dealkylation sites (tertiary alicyclic amines) is 1. The molecule has 2 aromatic rings. The number of carbonyl (C=O) groups is 1. The van der Waals surface area contributed by atoms with Crippen LogP contribution in [0.4, 0.5) is 10.5 Å². The molecule has 1 N–H and O–H groups in total. The van der Waals surface area contributed by atoms with Crippen molar-refractivity contribution in [3.63, 3.8) is 0 Å². The lowest BCUT2D eigenvalue weighted by Crippen LogP contribution is -2.35. The molecule has 22 heavy (non-hydrogen) atoms. The Morgan fingerprint density at radius 2 is 1.91 bits per heavy atom. The molecular weight excluding hydrogens is 276 g/mol. The highest BCUT2D eigenvalue weighted by atomic mass is 16.2. The summed E-state index contributed by atoms with van der Waals surface area (Å²) < 4.78 is 1.86. The normalized spacial score (nSPS) is 15.4. The molecule has 2 heterocycles. The van der Waals surface area contributed by atoms with Crippen molar-refractivity contribution in [3.05, 3.63) is 42.2 Å². The summed E-state index contributed by atoms with van der Waals surface area (Å²) in [5, 5.41) is 7.31. The van der Waals surface area contributed by atoms with Crippen molar-refractivity contribution in [1.82, 2.24) is 14.7 Å². The van der Waals surface area contributed by atoms with Crippen LogP contribution in [0.25, 0.3) is 5.69 Å². The summed E-state index contributed by atoms with van der Waals surface area (Å²) in [6.07, 6.45) is 6.41. The van der Waals surface area contributed by atoms with E-state index in [4.69, 9.17) is 0 Å². The van der Waals surface area contributed by atoms with Gasteiger partial charge in [0, 0.05) is 30.7 Å². The van der Waals surface area contributed by atoms with E-state index >= 15 is 0 Å².